The molecule has 0 aliphatic carbocycles. The van der Waals surface area contributed by atoms with Crippen molar-refractivity contribution in [1.82, 2.24) is 4.90 Å². The molecule has 1 aliphatic heterocycles. The van der Waals surface area contributed by atoms with Crippen molar-refractivity contribution in [3.63, 3.8) is 0 Å². The van der Waals surface area contributed by atoms with Crippen molar-refractivity contribution in [2.24, 2.45) is 0 Å². The van der Waals surface area contributed by atoms with Crippen LogP contribution in [0.1, 0.15) is 16.7 Å². The molecule has 1 heterocycles. The van der Waals surface area contributed by atoms with Crippen LogP contribution in [0.4, 0.5) is 4.79 Å². The van der Waals surface area contributed by atoms with Gasteiger partial charge in [-0.05, 0) is 29.8 Å². The number of ether oxygens (including phenoxy) is 1. The molecule has 24 heavy (non-hydrogen) atoms. The normalized spacial score (nSPS) is 16.0. The predicted octanol–water partition coefficient (Wildman–Crippen LogP) is 4.25. The van der Waals surface area contributed by atoms with Gasteiger partial charge in [-0.15, -0.1) is 0 Å². The molecular weight excluding hydrogens is 322 g/mol. The van der Waals surface area contributed by atoms with Gasteiger partial charge in [0.05, 0.1) is 6.54 Å². The zero-order valence-electron chi connectivity index (χ0n) is 13.3. The minimum Gasteiger partial charge on any atom is -0.495 e. The van der Waals surface area contributed by atoms with Gasteiger partial charge in [0.1, 0.15) is 17.8 Å². The van der Waals surface area contributed by atoms with Crippen molar-refractivity contribution in [2.75, 3.05) is 0 Å². The third kappa shape index (κ3) is 3.86. The molecule has 5 heteroatoms. The Morgan fingerprint density at radius 3 is 2.42 bits per heavy atom. The molecule has 0 unspecified atom stereocenters. The summed E-state index contributed by atoms with van der Waals surface area (Å²) in [5, 5.41) is -0.268. The third-order valence-electron chi connectivity index (χ3n) is 3.62. The maximum Gasteiger partial charge on any atom is 0.293 e. The zero-order chi connectivity index (χ0) is 16.9. The highest BCUT2D eigenvalue weighted by atomic mass is 32.2. The highest BCUT2D eigenvalue weighted by Crippen LogP contribution is 2.31. The number of nitrogens with zero attached hydrogens (tertiary/aromatic N) is 1. The number of benzene rings is 2. The van der Waals surface area contributed by atoms with Gasteiger partial charge in [-0.2, -0.15) is 0 Å². The summed E-state index contributed by atoms with van der Waals surface area (Å²) in [7, 11) is 0. The van der Waals surface area contributed by atoms with E-state index in [1.165, 1.54) is 11.2 Å². The van der Waals surface area contributed by atoms with Crippen LogP contribution in [-0.2, 0) is 22.7 Å². The van der Waals surface area contributed by atoms with E-state index in [9.17, 15) is 9.59 Å². The molecule has 0 saturated carbocycles. The van der Waals surface area contributed by atoms with Crippen molar-refractivity contribution < 1.29 is 14.3 Å². The number of rotatable bonds is 5. The minimum absolute atomic E-state index is 0.268. The van der Waals surface area contributed by atoms with Gasteiger partial charge >= 0.3 is 0 Å². The van der Waals surface area contributed by atoms with Crippen LogP contribution in [0.2, 0.25) is 0 Å². The second-order valence-corrected chi connectivity index (χ2v) is 6.52. The second-order valence-electron chi connectivity index (χ2n) is 5.52. The van der Waals surface area contributed by atoms with E-state index in [0.29, 0.717) is 11.5 Å². The topological polar surface area (TPSA) is 46.6 Å². The second kappa shape index (κ2) is 7.36. The number of thioether (sulfide) groups is 1. The van der Waals surface area contributed by atoms with Gasteiger partial charge in [0.2, 0.25) is 0 Å². The lowest BCUT2D eigenvalue weighted by Gasteiger charge is -2.12. The van der Waals surface area contributed by atoms with Gasteiger partial charge in [-0.3, -0.25) is 14.5 Å². The SMILES string of the molecule is Cc1ccc(CN2C(=O)S/C(=C\OCc3ccccc3)C2=O)cc1. The lowest BCUT2D eigenvalue weighted by molar-refractivity contribution is -0.123. The number of hydrogen-bond acceptors (Lipinski definition) is 4. The summed E-state index contributed by atoms with van der Waals surface area (Å²) < 4.78 is 5.45. The summed E-state index contributed by atoms with van der Waals surface area (Å²) in [4.78, 5) is 26.0. The number of hydrogen-bond donors (Lipinski definition) is 0. The van der Waals surface area contributed by atoms with Gasteiger partial charge in [0.15, 0.2) is 0 Å². The van der Waals surface area contributed by atoms with Crippen LogP contribution in [0, 0.1) is 6.92 Å². The predicted molar refractivity (Wildman–Crippen MR) is 94.0 cm³/mol. The van der Waals surface area contributed by atoms with Crippen molar-refractivity contribution in [1.29, 1.82) is 0 Å². The molecule has 1 aliphatic rings. The van der Waals surface area contributed by atoms with Crippen LogP contribution in [0.25, 0.3) is 0 Å². The Morgan fingerprint density at radius 2 is 1.71 bits per heavy atom. The number of carbonyl (C=O) groups excluding carboxylic acids is 2. The van der Waals surface area contributed by atoms with Crippen LogP contribution in [0.15, 0.2) is 65.8 Å². The van der Waals surface area contributed by atoms with E-state index >= 15 is 0 Å². The molecule has 1 fully saturated rings. The Labute approximate surface area is 145 Å². The summed E-state index contributed by atoms with van der Waals surface area (Å²) in [5.74, 6) is -0.307. The molecule has 0 aromatic heterocycles. The van der Waals surface area contributed by atoms with E-state index in [4.69, 9.17) is 4.74 Å². The number of aryl methyl sites for hydroxylation is 1. The minimum atomic E-state index is -0.307. The number of carbonyl (C=O) groups is 2. The molecule has 0 atom stereocenters. The number of amides is 2. The van der Waals surface area contributed by atoms with E-state index in [2.05, 4.69) is 0 Å². The Hall–Kier alpha value is -2.53. The standard InChI is InChI=1S/C19H17NO3S/c1-14-7-9-15(10-8-14)11-20-18(21)17(24-19(20)22)13-23-12-16-5-3-2-4-6-16/h2-10,13H,11-12H2,1H3/b17-13-. The van der Waals surface area contributed by atoms with Crippen molar-refractivity contribution >= 4 is 22.9 Å². The van der Waals surface area contributed by atoms with Gasteiger partial charge in [0.25, 0.3) is 11.1 Å². The van der Waals surface area contributed by atoms with Crippen molar-refractivity contribution in [3.05, 3.63) is 82.5 Å². The first-order valence-electron chi connectivity index (χ1n) is 7.58. The smallest absolute Gasteiger partial charge is 0.293 e. The zero-order valence-corrected chi connectivity index (χ0v) is 14.1. The summed E-state index contributed by atoms with van der Waals surface area (Å²) in [6.07, 6.45) is 1.38. The summed E-state index contributed by atoms with van der Waals surface area (Å²) in [6, 6.07) is 17.4. The number of imide groups is 1. The molecular formula is C19H17NO3S. The molecule has 0 bridgehead atoms. The largest absolute Gasteiger partial charge is 0.495 e. The third-order valence-corrected chi connectivity index (χ3v) is 4.50. The Bertz CT molecular complexity index is 769. The Morgan fingerprint density at radius 1 is 1.00 bits per heavy atom. The fourth-order valence-corrected chi connectivity index (χ4v) is 3.04. The van der Waals surface area contributed by atoms with Gasteiger partial charge < -0.3 is 4.74 Å². The van der Waals surface area contributed by atoms with Gasteiger partial charge in [-0.1, -0.05) is 60.2 Å². The molecule has 0 N–H and O–H groups in total. The molecule has 4 nitrogen and oxygen atoms in total. The van der Waals surface area contributed by atoms with Crippen LogP contribution in [0.3, 0.4) is 0 Å². The molecule has 0 spiro atoms. The van der Waals surface area contributed by atoms with Crippen LogP contribution < -0.4 is 0 Å². The maximum absolute atomic E-state index is 12.4. The van der Waals surface area contributed by atoms with E-state index in [1.807, 2.05) is 61.5 Å². The summed E-state index contributed by atoms with van der Waals surface area (Å²) >= 11 is 0.913. The Kier molecular flexibility index (Phi) is 5.01. The van der Waals surface area contributed by atoms with Crippen molar-refractivity contribution in [3.8, 4) is 0 Å². The maximum atomic E-state index is 12.4. The van der Waals surface area contributed by atoms with Crippen LogP contribution in [-0.4, -0.2) is 16.0 Å². The summed E-state index contributed by atoms with van der Waals surface area (Å²) in [5.41, 5.74) is 3.07. The molecule has 2 amide bonds. The van der Waals surface area contributed by atoms with E-state index in [0.717, 1.165) is 28.5 Å². The van der Waals surface area contributed by atoms with Gasteiger partial charge in [-0.25, -0.2) is 0 Å². The fraction of sp³-hybridized carbons (Fsp3) is 0.158. The molecule has 0 radical (unpaired) electrons. The molecule has 122 valence electrons. The van der Waals surface area contributed by atoms with E-state index in [-0.39, 0.29) is 17.7 Å². The molecule has 2 aromatic carbocycles. The van der Waals surface area contributed by atoms with Crippen molar-refractivity contribution in [2.45, 2.75) is 20.1 Å². The first kappa shape index (κ1) is 16.3. The van der Waals surface area contributed by atoms with Crippen LogP contribution >= 0.6 is 11.8 Å². The molecule has 2 aromatic rings. The first-order chi connectivity index (χ1) is 11.6. The average molecular weight is 339 g/mol. The molecule has 1 saturated heterocycles. The molecule has 3 rings (SSSR count). The highest BCUT2D eigenvalue weighted by molar-refractivity contribution is 8.18. The quantitative estimate of drug-likeness (QED) is 0.603. The summed E-state index contributed by atoms with van der Waals surface area (Å²) in [6.45, 7) is 2.64. The monoisotopic (exact) mass is 339 g/mol. The van der Waals surface area contributed by atoms with Gasteiger partial charge in [0, 0.05) is 0 Å². The average Bonchev–Trinajstić information content (AvgIpc) is 2.85. The lowest BCUT2D eigenvalue weighted by atomic mass is 10.1. The fourth-order valence-electron chi connectivity index (χ4n) is 2.28. The highest BCUT2D eigenvalue weighted by Gasteiger charge is 2.35. The lowest BCUT2D eigenvalue weighted by Crippen LogP contribution is -2.27. The van der Waals surface area contributed by atoms with E-state index < -0.39 is 0 Å². The van der Waals surface area contributed by atoms with E-state index in [1.54, 1.807) is 0 Å². The van der Waals surface area contributed by atoms with Crippen LogP contribution in [0.5, 0.6) is 0 Å². The first-order valence-corrected chi connectivity index (χ1v) is 8.40. The Balaban J connectivity index is 1.63.